The van der Waals surface area contributed by atoms with Crippen LogP contribution in [0, 0.1) is 6.92 Å². The summed E-state index contributed by atoms with van der Waals surface area (Å²) in [7, 11) is 1.96. The Morgan fingerprint density at radius 3 is 2.33 bits per heavy atom. The van der Waals surface area contributed by atoms with Crippen LogP contribution in [0.2, 0.25) is 0 Å². The standard InChI is InChI=1S/C18H19N3/c1-14-8-11-16(12-9-14)18-17(21(2)20-19-18)13-10-15-6-4-3-5-7-15/h3-9,11-12H,10,13H2,1-2H3. The molecule has 0 fully saturated rings. The van der Waals surface area contributed by atoms with E-state index in [9.17, 15) is 0 Å². The van der Waals surface area contributed by atoms with Gasteiger partial charge < -0.3 is 0 Å². The molecule has 3 nitrogen and oxygen atoms in total. The highest BCUT2D eigenvalue weighted by Crippen LogP contribution is 2.22. The molecule has 0 N–H and O–H groups in total. The van der Waals surface area contributed by atoms with Crippen molar-refractivity contribution < 1.29 is 0 Å². The molecule has 106 valence electrons. The first-order valence-electron chi connectivity index (χ1n) is 7.23. The average Bonchev–Trinajstić information content (AvgIpc) is 2.88. The molecule has 1 aromatic heterocycles. The van der Waals surface area contributed by atoms with Crippen molar-refractivity contribution in [3.05, 3.63) is 71.4 Å². The molecule has 0 amide bonds. The van der Waals surface area contributed by atoms with E-state index in [4.69, 9.17) is 0 Å². The number of rotatable bonds is 4. The van der Waals surface area contributed by atoms with Crippen LogP contribution in [0.4, 0.5) is 0 Å². The molecule has 3 heteroatoms. The Bertz CT molecular complexity index is 712. The number of aromatic nitrogens is 3. The number of hydrogen-bond donors (Lipinski definition) is 0. The molecule has 3 aromatic rings. The monoisotopic (exact) mass is 277 g/mol. The van der Waals surface area contributed by atoms with Crippen LogP contribution in [0.25, 0.3) is 11.3 Å². The highest BCUT2D eigenvalue weighted by Gasteiger charge is 2.12. The summed E-state index contributed by atoms with van der Waals surface area (Å²) < 4.78 is 1.89. The van der Waals surface area contributed by atoms with E-state index in [1.54, 1.807) is 0 Å². The summed E-state index contributed by atoms with van der Waals surface area (Å²) in [5, 5.41) is 8.54. The summed E-state index contributed by atoms with van der Waals surface area (Å²) in [6, 6.07) is 19.0. The smallest absolute Gasteiger partial charge is 0.116 e. The number of aryl methyl sites for hydroxylation is 3. The van der Waals surface area contributed by atoms with Gasteiger partial charge in [-0.3, -0.25) is 4.68 Å². The van der Waals surface area contributed by atoms with E-state index in [2.05, 4.69) is 65.8 Å². The van der Waals surface area contributed by atoms with E-state index in [1.807, 2.05) is 17.8 Å². The Morgan fingerprint density at radius 2 is 1.62 bits per heavy atom. The third-order valence-corrected chi connectivity index (χ3v) is 3.76. The Morgan fingerprint density at radius 1 is 0.905 bits per heavy atom. The van der Waals surface area contributed by atoms with E-state index in [0.717, 1.165) is 24.1 Å². The van der Waals surface area contributed by atoms with Gasteiger partial charge in [0.15, 0.2) is 0 Å². The summed E-state index contributed by atoms with van der Waals surface area (Å²) >= 11 is 0. The summed E-state index contributed by atoms with van der Waals surface area (Å²) in [6.07, 6.45) is 1.94. The largest absolute Gasteiger partial charge is 0.252 e. The molecule has 0 saturated carbocycles. The molecule has 21 heavy (non-hydrogen) atoms. The Labute approximate surface area is 125 Å². The van der Waals surface area contributed by atoms with E-state index in [1.165, 1.54) is 16.8 Å². The van der Waals surface area contributed by atoms with Crippen LogP contribution in [0.15, 0.2) is 54.6 Å². The quantitative estimate of drug-likeness (QED) is 0.730. The lowest BCUT2D eigenvalue weighted by atomic mass is 10.0. The van der Waals surface area contributed by atoms with Crippen LogP contribution in [0.3, 0.4) is 0 Å². The molecule has 0 unspecified atom stereocenters. The summed E-state index contributed by atoms with van der Waals surface area (Å²) in [6.45, 7) is 2.09. The fourth-order valence-electron chi connectivity index (χ4n) is 2.50. The van der Waals surface area contributed by atoms with Crippen molar-refractivity contribution >= 4 is 0 Å². The lowest BCUT2D eigenvalue weighted by Crippen LogP contribution is -2.01. The second-order valence-corrected chi connectivity index (χ2v) is 5.36. The highest BCUT2D eigenvalue weighted by atomic mass is 15.4. The Kier molecular flexibility index (Phi) is 3.82. The predicted octanol–water partition coefficient (Wildman–Crippen LogP) is 3.58. The van der Waals surface area contributed by atoms with Crippen LogP contribution < -0.4 is 0 Å². The molecule has 0 saturated heterocycles. The third kappa shape index (κ3) is 3.02. The minimum atomic E-state index is 0.941. The second kappa shape index (κ2) is 5.92. The minimum Gasteiger partial charge on any atom is -0.252 e. The third-order valence-electron chi connectivity index (χ3n) is 3.76. The molecule has 0 bridgehead atoms. The van der Waals surface area contributed by atoms with Gasteiger partial charge in [-0.25, -0.2) is 0 Å². The van der Waals surface area contributed by atoms with Gasteiger partial charge in [0.25, 0.3) is 0 Å². The zero-order valence-corrected chi connectivity index (χ0v) is 12.5. The van der Waals surface area contributed by atoms with Crippen molar-refractivity contribution in [3.8, 4) is 11.3 Å². The van der Waals surface area contributed by atoms with Gasteiger partial charge in [0, 0.05) is 12.6 Å². The maximum atomic E-state index is 4.34. The van der Waals surface area contributed by atoms with Crippen LogP contribution >= 0.6 is 0 Å². The molecular formula is C18H19N3. The van der Waals surface area contributed by atoms with Crippen LogP contribution in [0.1, 0.15) is 16.8 Å². The van der Waals surface area contributed by atoms with E-state index >= 15 is 0 Å². The molecule has 0 radical (unpaired) electrons. The van der Waals surface area contributed by atoms with E-state index < -0.39 is 0 Å². The minimum absolute atomic E-state index is 0.941. The molecule has 0 aliphatic carbocycles. The predicted molar refractivity (Wildman–Crippen MR) is 85.0 cm³/mol. The topological polar surface area (TPSA) is 30.7 Å². The van der Waals surface area contributed by atoms with Crippen molar-refractivity contribution in [1.29, 1.82) is 0 Å². The van der Waals surface area contributed by atoms with Gasteiger partial charge in [0.2, 0.25) is 0 Å². The molecular weight excluding hydrogens is 258 g/mol. The van der Waals surface area contributed by atoms with Gasteiger partial charge in [-0.1, -0.05) is 65.4 Å². The first-order chi connectivity index (χ1) is 10.2. The molecule has 0 aliphatic rings. The van der Waals surface area contributed by atoms with Crippen LogP contribution in [-0.2, 0) is 19.9 Å². The summed E-state index contributed by atoms with van der Waals surface area (Å²) in [5.41, 5.74) is 5.91. The van der Waals surface area contributed by atoms with Crippen molar-refractivity contribution in [3.63, 3.8) is 0 Å². The second-order valence-electron chi connectivity index (χ2n) is 5.36. The number of nitrogens with zero attached hydrogens (tertiary/aromatic N) is 3. The molecule has 3 rings (SSSR count). The molecule has 1 heterocycles. The van der Waals surface area contributed by atoms with Crippen LogP contribution in [0.5, 0.6) is 0 Å². The molecule has 2 aromatic carbocycles. The molecule has 0 atom stereocenters. The van der Waals surface area contributed by atoms with Crippen molar-refractivity contribution in [2.24, 2.45) is 7.05 Å². The van der Waals surface area contributed by atoms with Gasteiger partial charge in [-0.2, -0.15) is 0 Å². The van der Waals surface area contributed by atoms with Gasteiger partial charge in [-0.15, -0.1) is 5.10 Å². The van der Waals surface area contributed by atoms with Gasteiger partial charge in [-0.05, 0) is 25.3 Å². The lowest BCUT2D eigenvalue weighted by molar-refractivity contribution is 0.672. The van der Waals surface area contributed by atoms with Crippen LogP contribution in [-0.4, -0.2) is 15.0 Å². The Balaban J connectivity index is 1.85. The van der Waals surface area contributed by atoms with Gasteiger partial charge >= 0.3 is 0 Å². The summed E-state index contributed by atoms with van der Waals surface area (Å²) in [4.78, 5) is 0. The zero-order chi connectivity index (χ0) is 14.7. The van der Waals surface area contributed by atoms with Gasteiger partial charge in [0.05, 0.1) is 5.69 Å². The van der Waals surface area contributed by atoms with Gasteiger partial charge in [0.1, 0.15) is 5.69 Å². The zero-order valence-electron chi connectivity index (χ0n) is 12.5. The first-order valence-corrected chi connectivity index (χ1v) is 7.23. The fraction of sp³-hybridized carbons (Fsp3) is 0.222. The maximum absolute atomic E-state index is 4.34. The SMILES string of the molecule is Cc1ccc(-c2nnn(C)c2CCc2ccccc2)cc1. The fourth-order valence-corrected chi connectivity index (χ4v) is 2.50. The van der Waals surface area contributed by atoms with Crippen molar-refractivity contribution in [2.75, 3.05) is 0 Å². The van der Waals surface area contributed by atoms with E-state index in [-0.39, 0.29) is 0 Å². The number of hydrogen-bond acceptors (Lipinski definition) is 2. The van der Waals surface area contributed by atoms with Crippen molar-refractivity contribution in [1.82, 2.24) is 15.0 Å². The maximum Gasteiger partial charge on any atom is 0.116 e. The molecule has 0 aliphatic heterocycles. The Hall–Kier alpha value is -2.42. The number of benzene rings is 2. The first kappa shape index (κ1) is 13.6. The molecule has 0 spiro atoms. The highest BCUT2D eigenvalue weighted by molar-refractivity contribution is 5.61. The summed E-state index contributed by atoms with van der Waals surface area (Å²) in [5.74, 6) is 0. The average molecular weight is 277 g/mol. The lowest BCUT2D eigenvalue weighted by Gasteiger charge is -2.05. The van der Waals surface area contributed by atoms with E-state index in [0.29, 0.717) is 0 Å². The van der Waals surface area contributed by atoms with Crippen molar-refractivity contribution in [2.45, 2.75) is 19.8 Å². The normalized spacial score (nSPS) is 10.8.